The van der Waals surface area contributed by atoms with Gasteiger partial charge in [-0.2, -0.15) is 0 Å². The van der Waals surface area contributed by atoms with Gasteiger partial charge in [0.1, 0.15) is 0 Å². The molecule has 0 amide bonds. The van der Waals surface area contributed by atoms with Crippen LogP contribution in [0.15, 0.2) is 0 Å². The second kappa shape index (κ2) is 13.3. The first kappa shape index (κ1) is 28.7. The van der Waals surface area contributed by atoms with Crippen molar-refractivity contribution in [2.24, 2.45) is 0 Å². The summed E-state index contributed by atoms with van der Waals surface area (Å²) in [6.07, 6.45) is 0. The van der Waals surface area contributed by atoms with E-state index in [0.717, 1.165) is 0 Å². The minimum atomic E-state index is -5.55. The Kier molecular flexibility index (Phi) is 21.2. The number of hydrogen-bond donors (Lipinski definition) is 4. The van der Waals surface area contributed by atoms with Crippen molar-refractivity contribution in [3.8, 4) is 0 Å². The molecule has 12 nitrogen and oxygen atoms in total. The predicted molar refractivity (Wildman–Crippen MR) is 44.3 cm³/mol. The summed E-state index contributed by atoms with van der Waals surface area (Å²) < 4.78 is 44.0. The Balaban J connectivity index is -0.000000100. The molecule has 0 aliphatic heterocycles. The average Bonchev–Trinajstić information content (AvgIpc) is 1.72. The monoisotopic (exact) mass is 368 g/mol. The molecule has 0 aliphatic carbocycles. The van der Waals surface area contributed by atoms with E-state index >= 15 is 0 Å². The molecular formula is H6Na2O12P4. The van der Waals surface area contributed by atoms with Gasteiger partial charge in [-0.25, -0.2) is 8.88 Å². The van der Waals surface area contributed by atoms with Crippen LogP contribution in [-0.2, 0) is 26.9 Å². The fourth-order valence-corrected chi connectivity index (χ4v) is 1.84. The molecule has 0 aromatic rings. The van der Waals surface area contributed by atoms with Crippen molar-refractivity contribution in [3.05, 3.63) is 0 Å². The molecule has 2 unspecified atom stereocenters. The third-order valence-corrected chi connectivity index (χ3v) is 3.43. The van der Waals surface area contributed by atoms with Gasteiger partial charge < -0.3 is 33.9 Å². The summed E-state index contributed by atoms with van der Waals surface area (Å²) in [5.41, 5.74) is 0. The molecule has 0 fully saturated rings. The Bertz CT molecular complexity index is 304. The van der Waals surface area contributed by atoms with Crippen molar-refractivity contribution in [1.82, 2.24) is 0 Å². The number of phosphoric acid groups is 2. The maximum atomic E-state index is 9.55. The zero-order chi connectivity index (χ0) is 13.6. The molecule has 0 aliphatic rings. The van der Waals surface area contributed by atoms with E-state index in [1.54, 1.807) is 0 Å². The van der Waals surface area contributed by atoms with Gasteiger partial charge in [0.15, 0.2) is 0 Å². The largest absolute Gasteiger partial charge is 1.00 e. The van der Waals surface area contributed by atoms with Crippen molar-refractivity contribution in [2.75, 3.05) is 0 Å². The molecule has 0 radical (unpaired) electrons. The standard InChI is InChI=1S/2Na.H4O7P2.H4O5P2/c;;1-8(2,3)7-9(4,5)6;1-6(2)5-7(3)4/h;;(H2,1,2,3)(H2,4,5,6);6-7H,(H,1,2)(H,3,4)/q2*+1;;/p-2. The van der Waals surface area contributed by atoms with E-state index in [-0.39, 0.29) is 59.1 Å². The summed E-state index contributed by atoms with van der Waals surface area (Å²) in [5.74, 6) is 0. The molecular weight excluding hydrogens is 362 g/mol. The van der Waals surface area contributed by atoms with Crippen LogP contribution in [0.3, 0.4) is 0 Å². The fraction of sp³-hybridized carbons (Fsp3) is 0. The molecule has 100 valence electrons. The van der Waals surface area contributed by atoms with Gasteiger partial charge in [0.2, 0.25) is 0 Å². The smallest absolute Gasteiger partial charge is 0.789 e. The maximum Gasteiger partial charge on any atom is 1.00 e. The molecule has 0 heterocycles. The number of rotatable bonds is 4. The van der Waals surface area contributed by atoms with E-state index in [9.17, 15) is 28.0 Å². The van der Waals surface area contributed by atoms with Gasteiger partial charge in [-0.3, -0.25) is 13.4 Å². The van der Waals surface area contributed by atoms with Crippen LogP contribution in [0, 0.1) is 0 Å². The Labute approximate surface area is 146 Å². The quantitative estimate of drug-likeness (QED) is 0.269. The van der Waals surface area contributed by atoms with Gasteiger partial charge in [0, 0.05) is 0 Å². The van der Waals surface area contributed by atoms with Gasteiger partial charge in [0.25, 0.3) is 0 Å². The first-order chi connectivity index (χ1) is 6.83. The van der Waals surface area contributed by atoms with E-state index in [1.807, 2.05) is 0 Å². The summed E-state index contributed by atoms with van der Waals surface area (Å²) in [6.45, 7) is 0. The maximum absolute atomic E-state index is 9.55. The van der Waals surface area contributed by atoms with Crippen molar-refractivity contribution in [2.45, 2.75) is 0 Å². The normalized spacial score (nSPS) is 14.1. The van der Waals surface area contributed by atoms with Crippen LogP contribution < -0.4 is 68.9 Å². The van der Waals surface area contributed by atoms with Crippen LogP contribution in [0.2, 0.25) is 0 Å². The van der Waals surface area contributed by atoms with Gasteiger partial charge in [0.05, 0.1) is 7.82 Å². The molecule has 0 bridgehead atoms. The molecule has 0 saturated carbocycles. The molecule has 18 heavy (non-hydrogen) atoms. The summed E-state index contributed by atoms with van der Waals surface area (Å²) >= 11 is 0. The first-order valence-electron chi connectivity index (χ1n) is 2.76. The SMILES string of the molecule is O=P([O-])([O-])OP(=O)(O)O.O=[PH](O)O[PH](=O)O.[Na+].[Na+]. The van der Waals surface area contributed by atoms with Crippen LogP contribution >= 0.6 is 32.2 Å². The van der Waals surface area contributed by atoms with Crippen LogP contribution in [0.1, 0.15) is 0 Å². The van der Waals surface area contributed by atoms with Crippen molar-refractivity contribution in [1.29, 1.82) is 0 Å². The summed E-state index contributed by atoms with van der Waals surface area (Å²) in [6, 6.07) is 0. The van der Waals surface area contributed by atoms with E-state index in [1.165, 1.54) is 0 Å². The fourth-order valence-electron chi connectivity index (χ4n) is 0.205. The van der Waals surface area contributed by atoms with Gasteiger partial charge in [-0.05, 0) is 0 Å². The predicted octanol–water partition coefficient (Wildman–Crippen LogP) is -8.30. The van der Waals surface area contributed by atoms with Crippen molar-refractivity contribution >= 4 is 32.2 Å². The topological polar surface area (TPSA) is 214 Å². The van der Waals surface area contributed by atoms with E-state index in [2.05, 4.69) is 8.62 Å². The minimum absolute atomic E-state index is 0. The second-order valence-corrected chi connectivity index (χ2v) is 6.06. The van der Waals surface area contributed by atoms with E-state index in [4.69, 9.17) is 19.6 Å². The minimum Gasteiger partial charge on any atom is -0.789 e. The molecule has 0 saturated heterocycles. The second-order valence-electron chi connectivity index (χ2n) is 1.65. The Hall–Kier alpha value is 2.60. The molecule has 18 heteroatoms. The average molecular weight is 368 g/mol. The zero-order valence-corrected chi connectivity index (χ0v) is 16.7. The van der Waals surface area contributed by atoms with Crippen molar-refractivity contribution in [3.63, 3.8) is 0 Å². The molecule has 2 atom stereocenters. The molecule has 4 N–H and O–H groups in total. The van der Waals surface area contributed by atoms with E-state index < -0.39 is 32.2 Å². The Morgan fingerprint density at radius 1 is 0.944 bits per heavy atom. The molecule has 0 rings (SSSR count). The van der Waals surface area contributed by atoms with Gasteiger partial charge >= 0.3 is 83.4 Å². The van der Waals surface area contributed by atoms with Crippen LogP contribution in [0.25, 0.3) is 0 Å². The third kappa shape index (κ3) is 36.3. The Morgan fingerprint density at radius 2 is 1.22 bits per heavy atom. The summed E-state index contributed by atoms with van der Waals surface area (Å²) in [7, 11) is -17.1. The molecule has 0 spiro atoms. The third-order valence-electron chi connectivity index (χ3n) is 0.381. The van der Waals surface area contributed by atoms with Crippen LogP contribution in [-0.4, -0.2) is 19.6 Å². The number of hydrogen-bond acceptors (Lipinski definition) is 8. The van der Waals surface area contributed by atoms with E-state index in [0.29, 0.717) is 0 Å². The molecule has 0 aromatic heterocycles. The Morgan fingerprint density at radius 3 is 1.22 bits per heavy atom. The molecule has 0 aromatic carbocycles. The summed E-state index contributed by atoms with van der Waals surface area (Å²) in [4.78, 5) is 49.6. The van der Waals surface area contributed by atoms with Crippen molar-refractivity contribution < 1.29 is 115 Å². The first-order valence-corrected chi connectivity index (χ1v) is 8.28. The van der Waals surface area contributed by atoms with Gasteiger partial charge in [-0.15, -0.1) is 0 Å². The summed E-state index contributed by atoms with van der Waals surface area (Å²) in [5, 5.41) is 0. The zero-order valence-electron chi connectivity index (χ0n) is 8.95. The van der Waals surface area contributed by atoms with Crippen LogP contribution in [0.5, 0.6) is 0 Å². The van der Waals surface area contributed by atoms with Crippen LogP contribution in [0.4, 0.5) is 0 Å². The van der Waals surface area contributed by atoms with Gasteiger partial charge in [-0.1, -0.05) is 0 Å².